The van der Waals surface area contributed by atoms with Crippen molar-refractivity contribution in [3.8, 4) is 0 Å². The van der Waals surface area contributed by atoms with Gasteiger partial charge in [-0.05, 0) is 24.7 Å². The van der Waals surface area contributed by atoms with E-state index in [9.17, 15) is 0 Å². The zero-order valence-corrected chi connectivity index (χ0v) is 34.0. The van der Waals surface area contributed by atoms with E-state index in [0.717, 1.165) is 0 Å². The predicted octanol–water partition coefficient (Wildman–Crippen LogP) is 18.2. The van der Waals surface area contributed by atoms with Crippen molar-refractivity contribution in [2.45, 2.75) is 265 Å². The highest BCUT2D eigenvalue weighted by molar-refractivity contribution is 5.08. The molecule has 0 fully saturated rings. The lowest BCUT2D eigenvalue weighted by Crippen LogP contribution is -2.03. The van der Waals surface area contributed by atoms with Gasteiger partial charge >= 0.3 is 0 Å². The third-order valence-corrected chi connectivity index (χ3v) is 10.5. The summed E-state index contributed by atoms with van der Waals surface area (Å²) in [6.07, 6.45) is 65.9. The topological polar surface area (TPSA) is 0 Å². The van der Waals surface area contributed by atoms with Gasteiger partial charge in [-0.15, -0.1) is 0 Å². The molecule has 0 saturated heterocycles. The maximum atomic E-state index is 3.69. The van der Waals surface area contributed by atoms with Crippen LogP contribution in [0.4, 0.5) is 0 Å². The Hall–Kier alpha value is -0.780. The molecule has 0 spiro atoms. The first kappa shape index (κ1) is 47.2. The van der Waals surface area contributed by atoms with Crippen LogP contribution < -0.4 is 0 Å². The van der Waals surface area contributed by atoms with Crippen LogP contribution in [0.2, 0.25) is 0 Å². The Labute approximate surface area is 306 Å². The van der Waals surface area contributed by atoms with E-state index < -0.39 is 0 Å². The Morgan fingerprint density at radius 3 is 0.750 bits per heavy atom. The van der Waals surface area contributed by atoms with Crippen LogP contribution in [0.15, 0.2) is 37.0 Å². The van der Waals surface area contributed by atoms with Crippen LogP contribution in [0.1, 0.15) is 265 Å². The number of allylic oxidation sites excluding steroid dienone is 5. The standard InChI is InChI=1S/C48H92/c1-5-6-7-8-9-10-11-12-13-14-15-16-17-18-19-20-21-22-23-24-25-26-27-28-29-30-31-32-33-34-35-36-37-38-39-40-41-42-43-44-45-46-47-48(2,3)4/h5-9H,1,10-47H2,2-4H3. The van der Waals surface area contributed by atoms with E-state index >= 15 is 0 Å². The summed E-state index contributed by atoms with van der Waals surface area (Å²) >= 11 is 0. The number of hydrogen-bond acceptors (Lipinski definition) is 0. The highest BCUT2D eigenvalue weighted by Gasteiger charge is 2.08. The van der Waals surface area contributed by atoms with Crippen LogP contribution in [0.5, 0.6) is 0 Å². The van der Waals surface area contributed by atoms with Gasteiger partial charge in [0.2, 0.25) is 0 Å². The summed E-state index contributed by atoms with van der Waals surface area (Å²) < 4.78 is 0. The van der Waals surface area contributed by atoms with Gasteiger partial charge in [0, 0.05) is 0 Å². The van der Waals surface area contributed by atoms with Crippen molar-refractivity contribution in [1.29, 1.82) is 0 Å². The summed E-state index contributed by atoms with van der Waals surface area (Å²) in [7, 11) is 0. The summed E-state index contributed by atoms with van der Waals surface area (Å²) in [6, 6.07) is 0. The predicted molar refractivity (Wildman–Crippen MR) is 223 cm³/mol. The van der Waals surface area contributed by atoms with E-state index in [1.807, 2.05) is 12.2 Å². The molecule has 0 radical (unpaired) electrons. The van der Waals surface area contributed by atoms with Crippen molar-refractivity contribution in [2.75, 3.05) is 0 Å². The molecule has 0 aliphatic carbocycles. The van der Waals surface area contributed by atoms with Crippen molar-refractivity contribution < 1.29 is 0 Å². The molecule has 0 aromatic rings. The van der Waals surface area contributed by atoms with Gasteiger partial charge in [0.15, 0.2) is 0 Å². The molecule has 0 aromatic carbocycles. The summed E-state index contributed by atoms with van der Waals surface area (Å²) in [4.78, 5) is 0. The lowest BCUT2D eigenvalue weighted by atomic mass is 9.89. The van der Waals surface area contributed by atoms with Crippen molar-refractivity contribution in [2.24, 2.45) is 5.41 Å². The molecule has 48 heavy (non-hydrogen) atoms. The van der Waals surface area contributed by atoms with Gasteiger partial charge in [-0.25, -0.2) is 0 Å². The molecule has 284 valence electrons. The van der Waals surface area contributed by atoms with E-state index in [4.69, 9.17) is 0 Å². The average Bonchev–Trinajstić information content (AvgIpc) is 3.06. The molecule has 0 atom stereocenters. The quantitative estimate of drug-likeness (QED) is 0.0450. The lowest BCUT2D eigenvalue weighted by molar-refractivity contribution is 0.356. The molecule has 0 rings (SSSR count). The van der Waals surface area contributed by atoms with Gasteiger partial charge in [0.1, 0.15) is 0 Å². The van der Waals surface area contributed by atoms with Gasteiger partial charge in [0.25, 0.3) is 0 Å². The molecule has 0 N–H and O–H groups in total. The molecular weight excluding hydrogens is 577 g/mol. The molecule has 0 saturated carbocycles. The minimum Gasteiger partial charge on any atom is -0.0991 e. The second kappa shape index (κ2) is 40.6. The van der Waals surface area contributed by atoms with E-state index in [2.05, 4.69) is 45.6 Å². The van der Waals surface area contributed by atoms with Crippen LogP contribution in [-0.2, 0) is 0 Å². The molecule has 0 heteroatoms. The second-order valence-electron chi connectivity index (χ2n) is 16.9. The van der Waals surface area contributed by atoms with Gasteiger partial charge in [0.05, 0.1) is 0 Å². The summed E-state index contributed by atoms with van der Waals surface area (Å²) in [6.45, 7) is 10.8. The average molecular weight is 669 g/mol. The first-order chi connectivity index (χ1) is 23.6. The van der Waals surface area contributed by atoms with E-state index in [1.54, 1.807) is 0 Å². The zero-order chi connectivity index (χ0) is 34.9. The lowest BCUT2D eigenvalue weighted by Gasteiger charge is -2.17. The highest BCUT2D eigenvalue weighted by atomic mass is 14.1. The Kier molecular flexibility index (Phi) is 40.0. The van der Waals surface area contributed by atoms with Crippen LogP contribution in [-0.4, -0.2) is 0 Å². The summed E-state index contributed by atoms with van der Waals surface area (Å²) in [5, 5.41) is 0. The molecule has 0 nitrogen and oxygen atoms in total. The van der Waals surface area contributed by atoms with Gasteiger partial charge in [-0.2, -0.15) is 0 Å². The van der Waals surface area contributed by atoms with Crippen molar-refractivity contribution in [3.63, 3.8) is 0 Å². The minimum atomic E-state index is 0.530. The monoisotopic (exact) mass is 669 g/mol. The third kappa shape index (κ3) is 45.2. The van der Waals surface area contributed by atoms with Crippen LogP contribution in [0.25, 0.3) is 0 Å². The van der Waals surface area contributed by atoms with Crippen molar-refractivity contribution >= 4 is 0 Å². The SMILES string of the molecule is C=CC=CC=CCCCCCCCCCCCCCCCCCCCCCCCCCCCCCCCCCCCCCCC(C)(C)C. The number of rotatable bonds is 40. The Balaban J connectivity index is 3.08. The molecule has 0 aromatic heterocycles. The maximum absolute atomic E-state index is 3.69. The Bertz CT molecular complexity index is 645. The van der Waals surface area contributed by atoms with Gasteiger partial charge < -0.3 is 0 Å². The maximum Gasteiger partial charge on any atom is -0.0348 e. The largest absolute Gasteiger partial charge is 0.0991 e. The van der Waals surface area contributed by atoms with Crippen LogP contribution in [0, 0.1) is 5.41 Å². The van der Waals surface area contributed by atoms with Crippen LogP contribution in [0.3, 0.4) is 0 Å². The smallest absolute Gasteiger partial charge is 0.0348 e. The van der Waals surface area contributed by atoms with E-state index in [1.165, 1.54) is 244 Å². The minimum absolute atomic E-state index is 0.530. The Morgan fingerprint density at radius 2 is 0.521 bits per heavy atom. The van der Waals surface area contributed by atoms with Gasteiger partial charge in [-0.1, -0.05) is 282 Å². The Morgan fingerprint density at radius 1 is 0.292 bits per heavy atom. The number of hydrogen-bond donors (Lipinski definition) is 0. The molecular formula is C48H92. The first-order valence-electron chi connectivity index (χ1n) is 22.5. The van der Waals surface area contributed by atoms with Crippen LogP contribution >= 0.6 is 0 Å². The fraction of sp³-hybridized carbons (Fsp3) is 0.875. The fourth-order valence-electron chi connectivity index (χ4n) is 7.25. The normalized spacial score (nSPS) is 12.2. The molecule has 0 unspecified atom stereocenters. The molecule has 0 aliphatic rings. The molecule has 0 aliphatic heterocycles. The fourth-order valence-corrected chi connectivity index (χ4v) is 7.25. The highest BCUT2D eigenvalue weighted by Crippen LogP contribution is 2.23. The van der Waals surface area contributed by atoms with E-state index in [-0.39, 0.29) is 0 Å². The molecule has 0 amide bonds. The van der Waals surface area contributed by atoms with E-state index in [0.29, 0.717) is 5.41 Å². The third-order valence-electron chi connectivity index (χ3n) is 10.5. The summed E-state index contributed by atoms with van der Waals surface area (Å²) in [5.74, 6) is 0. The number of unbranched alkanes of at least 4 members (excludes halogenated alkanes) is 36. The van der Waals surface area contributed by atoms with Crippen molar-refractivity contribution in [3.05, 3.63) is 37.0 Å². The first-order valence-corrected chi connectivity index (χ1v) is 22.5. The zero-order valence-electron chi connectivity index (χ0n) is 34.0. The summed E-state index contributed by atoms with van der Waals surface area (Å²) in [5.41, 5.74) is 0.530. The van der Waals surface area contributed by atoms with Crippen molar-refractivity contribution in [1.82, 2.24) is 0 Å². The second-order valence-corrected chi connectivity index (χ2v) is 16.9. The molecule has 0 bridgehead atoms. The molecule has 0 heterocycles. The van der Waals surface area contributed by atoms with Gasteiger partial charge in [-0.3, -0.25) is 0 Å².